The number of rotatable bonds is 5. The molecular formula is C10H16N4S. The highest BCUT2D eigenvalue weighted by atomic mass is 32.2. The van der Waals surface area contributed by atoms with E-state index in [-0.39, 0.29) is 0 Å². The third-order valence-electron chi connectivity index (χ3n) is 2.02. The minimum Gasteiger partial charge on any atom is -0.309 e. The van der Waals surface area contributed by atoms with Gasteiger partial charge in [-0.2, -0.15) is 0 Å². The molecule has 1 heterocycles. The molecule has 5 heteroatoms. The maximum Gasteiger partial charge on any atom is 0.191 e. The predicted octanol–water partition coefficient (Wildman–Crippen LogP) is 0.827. The normalized spacial score (nSPS) is 12.4. The Bertz CT molecular complexity index is 353. The lowest BCUT2D eigenvalue weighted by atomic mass is 10.4. The van der Waals surface area contributed by atoms with Gasteiger partial charge in [0.2, 0.25) is 0 Å². The molecule has 1 rings (SSSR count). The van der Waals surface area contributed by atoms with E-state index in [4.69, 9.17) is 6.42 Å². The van der Waals surface area contributed by atoms with Crippen LogP contribution in [0.25, 0.3) is 0 Å². The number of hydrogen-bond acceptors (Lipinski definition) is 4. The Morgan fingerprint density at radius 2 is 2.33 bits per heavy atom. The van der Waals surface area contributed by atoms with Crippen molar-refractivity contribution in [2.24, 2.45) is 7.05 Å². The van der Waals surface area contributed by atoms with E-state index in [9.17, 15) is 0 Å². The van der Waals surface area contributed by atoms with Crippen molar-refractivity contribution < 1.29 is 0 Å². The quantitative estimate of drug-likeness (QED) is 0.457. The van der Waals surface area contributed by atoms with Crippen LogP contribution >= 0.6 is 11.8 Å². The van der Waals surface area contributed by atoms with Crippen molar-refractivity contribution in [3.05, 3.63) is 5.82 Å². The molecule has 0 aliphatic carbocycles. The lowest BCUT2D eigenvalue weighted by molar-refractivity contribution is 0.731. The first-order valence-electron chi connectivity index (χ1n) is 4.82. The highest BCUT2D eigenvalue weighted by molar-refractivity contribution is 7.99. The Hall–Kier alpha value is -0.990. The molecule has 0 saturated carbocycles. The molecular weight excluding hydrogens is 208 g/mol. The Morgan fingerprint density at radius 1 is 1.60 bits per heavy atom. The SMILES string of the molecule is C#CCNCC(C)Sc1nnc(C)n1C. The Kier molecular flexibility index (Phi) is 4.66. The highest BCUT2D eigenvalue weighted by Gasteiger charge is 2.10. The van der Waals surface area contributed by atoms with Crippen LogP contribution in [0.2, 0.25) is 0 Å². The lowest BCUT2D eigenvalue weighted by Gasteiger charge is -2.10. The van der Waals surface area contributed by atoms with Crippen molar-refractivity contribution in [1.82, 2.24) is 20.1 Å². The zero-order chi connectivity index (χ0) is 11.3. The summed E-state index contributed by atoms with van der Waals surface area (Å²) in [6.45, 7) is 5.57. The molecule has 0 radical (unpaired) electrons. The summed E-state index contributed by atoms with van der Waals surface area (Å²) in [5, 5.41) is 12.6. The van der Waals surface area contributed by atoms with Crippen LogP contribution in [0.4, 0.5) is 0 Å². The number of nitrogens with one attached hydrogen (secondary N) is 1. The molecule has 0 fully saturated rings. The van der Waals surface area contributed by atoms with Gasteiger partial charge in [0, 0.05) is 18.8 Å². The summed E-state index contributed by atoms with van der Waals surface area (Å²) in [5.74, 6) is 3.48. The van der Waals surface area contributed by atoms with E-state index in [1.165, 1.54) is 0 Å². The van der Waals surface area contributed by atoms with Crippen LogP contribution in [0, 0.1) is 19.3 Å². The second kappa shape index (κ2) is 5.79. The van der Waals surface area contributed by atoms with Gasteiger partial charge in [-0.1, -0.05) is 24.6 Å². The van der Waals surface area contributed by atoms with Gasteiger partial charge in [0.25, 0.3) is 0 Å². The van der Waals surface area contributed by atoms with Crippen LogP contribution in [0.5, 0.6) is 0 Å². The number of thioether (sulfide) groups is 1. The molecule has 1 atom stereocenters. The van der Waals surface area contributed by atoms with Crippen molar-refractivity contribution in [2.45, 2.75) is 24.3 Å². The molecule has 1 aromatic rings. The summed E-state index contributed by atoms with van der Waals surface area (Å²) in [5.41, 5.74) is 0. The molecule has 15 heavy (non-hydrogen) atoms. The average molecular weight is 224 g/mol. The average Bonchev–Trinajstić information content (AvgIpc) is 2.50. The van der Waals surface area contributed by atoms with Crippen LogP contribution in [-0.2, 0) is 7.05 Å². The van der Waals surface area contributed by atoms with Gasteiger partial charge in [0.1, 0.15) is 5.82 Å². The molecule has 1 unspecified atom stereocenters. The first-order valence-corrected chi connectivity index (χ1v) is 5.70. The van der Waals surface area contributed by atoms with E-state index in [1.807, 2.05) is 18.5 Å². The summed E-state index contributed by atoms with van der Waals surface area (Å²) in [6, 6.07) is 0. The Labute approximate surface area is 94.9 Å². The fraction of sp³-hybridized carbons (Fsp3) is 0.600. The largest absolute Gasteiger partial charge is 0.309 e. The zero-order valence-corrected chi connectivity index (χ0v) is 10.1. The van der Waals surface area contributed by atoms with Crippen molar-refractivity contribution >= 4 is 11.8 Å². The van der Waals surface area contributed by atoms with Crippen LogP contribution in [0.15, 0.2) is 5.16 Å². The second-order valence-electron chi connectivity index (χ2n) is 3.35. The summed E-state index contributed by atoms with van der Waals surface area (Å²) in [4.78, 5) is 0. The van der Waals surface area contributed by atoms with Crippen LogP contribution in [-0.4, -0.2) is 33.1 Å². The van der Waals surface area contributed by atoms with Gasteiger partial charge in [0.05, 0.1) is 6.54 Å². The molecule has 82 valence electrons. The number of nitrogens with zero attached hydrogens (tertiary/aromatic N) is 3. The van der Waals surface area contributed by atoms with E-state index >= 15 is 0 Å². The smallest absolute Gasteiger partial charge is 0.191 e. The molecule has 1 N–H and O–H groups in total. The van der Waals surface area contributed by atoms with Gasteiger partial charge in [-0.3, -0.25) is 0 Å². The number of aryl methyl sites for hydroxylation is 1. The monoisotopic (exact) mass is 224 g/mol. The fourth-order valence-electron chi connectivity index (χ4n) is 1.06. The van der Waals surface area contributed by atoms with E-state index in [2.05, 4.69) is 28.4 Å². The molecule has 1 aromatic heterocycles. The predicted molar refractivity (Wildman–Crippen MR) is 62.8 cm³/mol. The van der Waals surface area contributed by atoms with E-state index in [1.54, 1.807) is 11.8 Å². The summed E-state index contributed by atoms with van der Waals surface area (Å²) < 4.78 is 1.99. The summed E-state index contributed by atoms with van der Waals surface area (Å²) in [7, 11) is 1.97. The molecule has 0 aromatic carbocycles. The minimum atomic E-state index is 0.431. The van der Waals surface area contributed by atoms with E-state index < -0.39 is 0 Å². The zero-order valence-electron chi connectivity index (χ0n) is 9.32. The van der Waals surface area contributed by atoms with Crippen molar-refractivity contribution in [3.63, 3.8) is 0 Å². The molecule has 0 amide bonds. The lowest BCUT2D eigenvalue weighted by Crippen LogP contribution is -2.23. The third kappa shape index (κ3) is 3.57. The Morgan fingerprint density at radius 3 is 2.87 bits per heavy atom. The summed E-state index contributed by atoms with van der Waals surface area (Å²) >= 11 is 1.70. The van der Waals surface area contributed by atoms with Gasteiger partial charge in [-0.25, -0.2) is 0 Å². The van der Waals surface area contributed by atoms with Gasteiger partial charge >= 0.3 is 0 Å². The van der Waals surface area contributed by atoms with Crippen LogP contribution in [0.1, 0.15) is 12.7 Å². The first-order chi connectivity index (χ1) is 7.15. The van der Waals surface area contributed by atoms with E-state index in [0.29, 0.717) is 11.8 Å². The number of aromatic nitrogens is 3. The third-order valence-corrected chi connectivity index (χ3v) is 3.15. The van der Waals surface area contributed by atoms with Gasteiger partial charge in [0.15, 0.2) is 5.16 Å². The molecule has 0 saturated heterocycles. The van der Waals surface area contributed by atoms with Crippen molar-refractivity contribution in [2.75, 3.05) is 13.1 Å². The van der Waals surface area contributed by atoms with Crippen molar-refractivity contribution in [1.29, 1.82) is 0 Å². The molecule has 0 spiro atoms. The summed E-state index contributed by atoms with van der Waals surface area (Å²) in [6.07, 6.45) is 5.15. The number of hydrogen-bond donors (Lipinski definition) is 1. The van der Waals surface area contributed by atoms with Crippen molar-refractivity contribution in [3.8, 4) is 12.3 Å². The number of terminal acetylenes is 1. The van der Waals surface area contributed by atoms with E-state index in [0.717, 1.165) is 17.5 Å². The topological polar surface area (TPSA) is 42.7 Å². The van der Waals surface area contributed by atoms with Crippen LogP contribution < -0.4 is 5.32 Å². The standard InChI is InChI=1S/C10H16N4S/c1-5-6-11-7-8(2)15-10-13-12-9(3)14(10)4/h1,8,11H,6-7H2,2-4H3. The molecule has 0 aliphatic rings. The first kappa shape index (κ1) is 12.1. The fourth-order valence-corrected chi connectivity index (χ4v) is 2.00. The van der Waals surface area contributed by atoms with Gasteiger partial charge in [-0.15, -0.1) is 16.6 Å². The van der Waals surface area contributed by atoms with Crippen LogP contribution in [0.3, 0.4) is 0 Å². The maximum atomic E-state index is 5.15. The maximum absolute atomic E-state index is 5.15. The van der Waals surface area contributed by atoms with Gasteiger partial charge in [-0.05, 0) is 6.92 Å². The molecule has 0 bridgehead atoms. The highest BCUT2D eigenvalue weighted by Crippen LogP contribution is 2.20. The second-order valence-corrected chi connectivity index (χ2v) is 4.76. The molecule has 0 aliphatic heterocycles. The minimum absolute atomic E-state index is 0.431. The Balaban J connectivity index is 2.41. The van der Waals surface area contributed by atoms with Gasteiger partial charge < -0.3 is 9.88 Å². The molecule has 4 nitrogen and oxygen atoms in total.